The smallest absolute Gasteiger partial charge is 0.314 e. The topological polar surface area (TPSA) is 37.3 Å². The second-order valence-electron chi connectivity index (χ2n) is 5.61. The largest absolute Gasteiger partial charge is 0.481 e. The lowest BCUT2D eigenvalue weighted by Gasteiger charge is -2.45. The number of fused-ring (bicyclic) bond motifs is 3. The van der Waals surface area contributed by atoms with E-state index in [9.17, 15) is 9.90 Å². The number of aliphatic carboxylic acids is 1. The van der Waals surface area contributed by atoms with Gasteiger partial charge >= 0.3 is 5.97 Å². The molecule has 0 aromatic heterocycles. The Labute approximate surface area is 107 Å². The third-order valence-corrected chi connectivity index (χ3v) is 4.72. The summed E-state index contributed by atoms with van der Waals surface area (Å²) < 4.78 is 0. The van der Waals surface area contributed by atoms with Gasteiger partial charge in [-0.2, -0.15) is 0 Å². The number of carbonyl (C=O) groups is 1. The summed E-state index contributed by atoms with van der Waals surface area (Å²) in [4.78, 5) is 11.9. The summed E-state index contributed by atoms with van der Waals surface area (Å²) in [6, 6.07) is 8.10. The monoisotopic (exact) mass is 242 g/mol. The van der Waals surface area contributed by atoms with Gasteiger partial charge in [-0.3, -0.25) is 4.79 Å². The minimum absolute atomic E-state index is 0.241. The Morgan fingerprint density at radius 1 is 1.33 bits per heavy atom. The molecule has 2 aliphatic carbocycles. The van der Waals surface area contributed by atoms with Crippen molar-refractivity contribution in [3.8, 4) is 0 Å². The second kappa shape index (κ2) is 3.98. The molecule has 18 heavy (non-hydrogen) atoms. The zero-order valence-corrected chi connectivity index (χ0v) is 10.6. The quantitative estimate of drug-likeness (QED) is 0.765. The summed E-state index contributed by atoms with van der Waals surface area (Å²) in [6.45, 7) is 2.21. The summed E-state index contributed by atoms with van der Waals surface area (Å²) in [5.41, 5.74) is 1.59. The fraction of sp³-hybridized carbons (Fsp3) is 0.438. The lowest BCUT2D eigenvalue weighted by atomic mass is 9.57. The molecular weight excluding hydrogens is 224 g/mol. The van der Waals surface area contributed by atoms with Crippen molar-refractivity contribution in [2.75, 3.05) is 0 Å². The van der Waals surface area contributed by atoms with E-state index >= 15 is 0 Å². The first-order chi connectivity index (χ1) is 8.66. The van der Waals surface area contributed by atoms with Crippen molar-refractivity contribution in [2.45, 2.75) is 37.5 Å². The Balaban J connectivity index is 2.24. The standard InChI is InChI=1S/C16H18O2/c1-11-10-12-6-4-5-9-16(12,15(17)18)14-8-3-2-7-13(11)14/h2-5,7-8,11-12H,6,9-10H2,1H3,(H,17,18)/t11-,12-,16+/m1/s1. The Hall–Kier alpha value is -1.57. The van der Waals surface area contributed by atoms with Crippen molar-refractivity contribution in [3.05, 3.63) is 47.5 Å². The SMILES string of the molecule is C[C@@H]1C[C@H]2CC=CC[C@@]2(C(=O)O)c2ccccc21. The van der Waals surface area contributed by atoms with Gasteiger partial charge in [0.2, 0.25) is 0 Å². The molecule has 0 radical (unpaired) electrons. The van der Waals surface area contributed by atoms with Crippen LogP contribution >= 0.6 is 0 Å². The van der Waals surface area contributed by atoms with Crippen LogP contribution in [0.1, 0.15) is 43.2 Å². The number of hydrogen-bond donors (Lipinski definition) is 1. The molecule has 0 saturated carbocycles. The maximum atomic E-state index is 11.9. The van der Waals surface area contributed by atoms with E-state index in [2.05, 4.69) is 19.1 Å². The van der Waals surface area contributed by atoms with Gasteiger partial charge in [0.05, 0.1) is 5.41 Å². The van der Waals surface area contributed by atoms with Crippen molar-refractivity contribution >= 4 is 5.97 Å². The van der Waals surface area contributed by atoms with Crippen molar-refractivity contribution in [1.29, 1.82) is 0 Å². The van der Waals surface area contributed by atoms with Gasteiger partial charge in [-0.05, 0) is 42.2 Å². The zero-order valence-electron chi connectivity index (χ0n) is 10.6. The van der Waals surface area contributed by atoms with Crippen LogP contribution in [0.5, 0.6) is 0 Å². The lowest BCUT2D eigenvalue weighted by Crippen LogP contribution is -2.47. The van der Waals surface area contributed by atoms with Crippen molar-refractivity contribution < 1.29 is 9.90 Å². The van der Waals surface area contributed by atoms with Crippen molar-refractivity contribution in [1.82, 2.24) is 0 Å². The van der Waals surface area contributed by atoms with Crippen LogP contribution in [0.15, 0.2) is 36.4 Å². The molecule has 0 spiro atoms. The van der Waals surface area contributed by atoms with Crippen LogP contribution in [0.25, 0.3) is 0 Å². The average Bonchev–Trinajstić information content (AvgIpc) is 2.39. The first-order valence-corrected chi connectivity index (χ1v) is 6.64. The number of hydrogen-bond acceptors (Lipinski definition) is 1. The third kappa shape index (κ3) is 1.38. The Morgan fingerprint density at radius 3 is 2.89 bits per heavy atom. The molecule has 0 aliphatic heterocycles. The molecule has 0 heterocycles. The average molecular weight is 242 g/mol. The maximum absolute atomic E-state index is 11.9. The molecular formula is C16H18O2. The van der Waals surface area contributed by atoms with Crippen LogP contribution < -0.4 is 0 Å². The third-order valence-electron chi connectivity index (χ3n) is 4.72. The molecule has 0 saturated heterocycles. The highest BCUT2D eigenvalue weighted by Crippen LogP contribution is 2.51. The molecule has 3 atom stereocenters. The summed E-state index contributed by atoms with van der Waals surface area (Å²) in [5, 5.41) is 9.82. The number of benzene rings is 1. The molecule has 2 heteroatoms. The maximum Gasteiger partial charge on any atom is 0.314 e. The van der Waals surface area contributed by atoms with Crippen LogP contribution in [0, 0.1) is 5.92 Å². The molecule has 1 aromatic carbocycles. The molecule has 1 aromatic rings. The van der Waals surface area contributed by atoms with E-state index in [1.165, 1.54) is 5.56 Å². The first-order valence-electron chi connectivity index (χ1n) is 6.64. The molecule has 0 amide bonds. The number of carboxylic acids is 1. The molecule has 2 nitrogen and oxygen atoms in total. The van der Waals surface area contributed by atoms with E-state index in [0.717, 1.165) is 18.4 Å². The molecule has 94 valence electrons. The molecule has 3 rings (SSSR count). The Morgan fingerprint density at radius 2 is 2.11 bits per heavy atom. The van der Waals surface area contributed by atoms with Gasteiger partial charge in [0.15, 0.2) is 0 Å². The van der Waals surface area contributed by atoms with E-state index in [4.69, 9.17) is 0 Å². The van der Waals surface area contributed by atoms with Crippen LogP contribution in [0.2, 0.25) is 0 Å². The molecule has 0 fully saturated rings. The Kier molecular flexibility index (Phi) is 2.54. The van der Waals surface area contributed by atoms with Crippen LogP contribution in [0.3, 0.4) is 0 Å². The van der Waals surface area contributed by atoms with E-state index in [-0.39, 0.29) is 5.92 Å². The number of carboxylic acid groups (broad SMARTS) is 1. The fourth-order valence-electron chi connectivity index (χ4n) is 3.79. The van der Waals surface area contributed by atoms with Crippen LogP contribution in [-0.2, 0) is 10.2 Å². The summed E-state index contributed by atoms with van der Waals surface area (Å²) in [6.07, 6.45) is 6.69. The lowest BCUT2D eigenvalue weighted by molar-refractivity contribution is -0.147. The highest BCUT2D eigenvalue weighted by molar-refractivity contribution is 5.83. The fourth-order valence-corrected chi connectivity index (χ4v) is 3.79. The minimum Gasteiger partial charge on any atom is -0.481 e. The van der Waals surface area contributed by atoms with Crippen LogP contribution in [-0.4, -0.2) is 11.1 Å². The molecule has 0 unspecified atom stereocenters. The Bertz CT molecular complexity index is 518. The highest BCUT2D eigenvalue weighted by Gasteiger charge is 2.51. The minimum atomic E-state index is -0.683. The number of rotatable bonds is 1. The summed E-state index contributed by atoms with van der Waals surface area (Å²) in [7, 11) is 0. The van der Waals surface area contributed by atoms with E-state index in [1.54, 1.807) is 0 Å². The van der Waals surface area contributed by atoms with Gasteiger partial charge in [0.25, 0.3) is 0 Å². The van der Waals surface area contributed by atoms with Gasteiger partial charge < -0.3 is 5.11 Å². The predicted molar refractivity (Wildman–Crippen MR) is 70.7 cm³/mol. The molecule has 0 bridgehead atoms. The normalized spacial score (nSPS) is 33.6. The van der Waals surface area contributed by atoms with Gasteiger partial charge in [-0.25, -0.2) is 0 Å². The molecule has 2 aliphatic rings. The van der Waals surface area contributed by atoms with Gasteiger partial charge in [-0.15, -0.1) is 0 Å². The molecule has 1 N–H and O–H groups in total. The van der Waals surface area contributed by atoms with Gasteiger partial charge in [-0.1, -0.05) is 43.3 Å². The van der Waals surface area contributed by atoms with E-state index in [1.807, 2.05) is 24.3 Å². The van der Waals surface area contributed by atoms with Gasteiger partial charge in [0, 0.05) is 0 Å². The second-order valence-corrected chi connectivity index (χ2v) is 5.61. The van der Waals surface area contributed by atoms with Gasteiger partial charge in [0.1, 0.15) is 0 Å². The number of allylic oxidation sites excluding steroid dienone is 2. The highest BCUT2D eigenvalue weighted by atomic mass is 16.4. The van der Waals surface area contributed by atoms with Crippen molar-refractivity contribution in [3.63, 3.8) is 0 Å². The van der Waals surface area contributed by atoms with E-state index in [0.29, 0.717) is 12.3 Å². The summed E-state index contributed by atoms with van der Waals surface area (Å²) >= 11 is 0. The van der Waals surface area contributed by atoms with E-state index < -0.39 is 11.4 Å². The summed E-state index contributed by atoms with van der Waals surface area (Å²) in [5.74, 6) is 0.0475. The predicted octanol–water partition coefficient (Wildman–Crippen LogP) is 3.48. The van der Waals surface area contributed by atoms with Crippen molar-refractivity contribution in [2.24, 2.45) is 5.92 Å². The first kappa shape index (κ1) is 11.5. The van der Waals surface area contributed by atoms with Crippen LogP contribution in [0.4, 0.5) is 0 Å². The zero-order chi connectivity index (χ0) is 12.8.